The smallest absolute Gasteiger partial charge is 0.347 e. The summed E-state index contributed by atoms with van der Waals surface area (Å²) < 4.78 is 0. The number of hydrogen-bond donors (Lipinski definition) is 1. The van der Waals surface area contributed by atoms with Crippen molar-refractivity contribution in [3.63, 3.8) is 0 Å². The second kappa shape index (κ2) is 5.72. The first kappa shape index (κ1) is 14.0. The molecule has 1 heterocycles. The van der Waals surface area contributed by atoms with Gasteiger partial charge in [0.05, 0.1) is 5.69 Å². The van der Waals surface area contributed by atoms with Crippen LogP contribution in [0, 0.1) is 6.92 Å². The lowest BCUT2D eigenvalue weighted by atomic mass is 10.1. The molecule has 0 fully saturated rings. The van der Waals surface area contributed by atoms with Crippen LogP contribution in [0.4, 0.5) is 0 Å². The zero-order valence-electron chi connectivity index (χ0n) is 10.7. The number of carbonyl (C=O) groups is 1. The monoisotopic (exact) mass is 295 g/mol. The number of aromatic nitrogens is 1. The van der Waals surface area contributed by atoms with Crippen molar-refractivity contribution in [2.75, 3.05) is 0 Å². The van der Waals surface area contributed by atoms with E-state index in [1.54, 1.807) is 6.07 Å². The molecule has 0 atom stereocenters. The number of halogens is 1. The molecule has 1 aromatic carbocycles. The van der Waals surface area contributed by atoms with Crippen molar-refractivity contribution in [1.82, 2.24) is 4.98 Å². The molecular formula is C14H14ClNO2S. The molecule has 0 aliphatic heterocycles. The lowest BCUT2D eigenvalue weighted by Gasteiger charge is -2.02. The Morgan fingerprint density at radius 3 is 2.79 bits per heavy atom. The Hall–Kier alpha value is -1.39. The zero-order chi connectivity index (χ0) is 14.0. The number of carboxylic acid groups (broad SMARTS) is 1. The minimum absolute atomic E-state index is 0.339. The SMILES string of the molecule is CCCc1nc(-c2ccc(Cl)cc2C)sc1C(=O)O. The number of carboxylic acids is 1. The summed E-state index contributed by atoms with van der Waals surface area (Å²) in [6.45, 7) is 3.96. The Kier molecular flexibility index (Phi) is 4.22. The second-order valence-corrected chi connectivity index (χ2v) is 5.74. The van der Waals surface area contributed by atoms with E-state index in [4.69, 9.17) is 11.6 Å². The standard InChI is InChI=1S/C14H14ClNO2S/c1-3-4-11-12(14(17)18)19-13(16-11)10-6-5-9(15)7-8(10)2/h5-7H,3-4H2,1-2H3,(H,17,18). The highest BCUT2D eigenvalue weighted by atomic mass is 35.5. The van der Waals surface area contributed by atoms with Gasteiger partial charge in [-0.25, -0.2) is 9.78 Å². The van der Waals surface area contributed by atoms with Crippen LogP contribution in [-0.4, -0.2) is 16.1 Å². The Morgan fingerprint density at radius 1 is 1.47 bits per heavy atom. The van der Waals surface area contributed by atoms with E-state index in [1.807, 2.05) is 26.0 Å². The van der Waals surface area contributed by atoms with Crippen molar-refractivity contribution in [3.05, 3.63) is 39.4 Å². The van der Waals surface area contributed by atoms with Crippen molar-refractivity contribution in [3.8, 4) is 10.6 Å². The van der Waals surface area contributed by atoms with Crippen molar-refractivity contribution < 1.29 is 9.90 Å². The molecule has 19 heavy (non-hydrogen) atoms. The van der Waals surface area contributed by atoms with Gasteiger partial charge in [0, 0.05) is 10.6 Å². The summed E-state index contributed by atoms with van der Waals surface area (Å²) >= 11 is 7.16. The van der Waals surface area contributed by atoms with E-state index in [2.05, 4.69) is 4.98 Å². The van der Waals surface area contributed by atoms with Crippen molar-refractivity contribution >= 4 is 28.9 Å². The van der Waals surface area contributed by atoms with Gasteiger partial charge in [0.2, 0.25) is 0 Å². The van der Waals surface area contributed by atoms with Crippen LogP contribution in [0.3, 0.4) is 0 Å². The highest BCUT2D eigenvalue weighted by Crippen LogP contribution is 2.32. The molecule has 2 rings (SSSR count). The van der Waals surface area contributed by atoms with Gasteiger partial charge in [-0.05, 0) is 31.0 Å². The number of nitrogens with zero attached hydrogens (tertiary/aromatic N) is 1. The summed E-state index contributed by atoms with van der Waals surface area (Å²) in [5, 5.41) is 10.6. The van der Waals surface area contributed by atoms with Gasteiger partial charge in [-0.15, -0.1) is 11.3 Å². The molecular weight excluding hydrogens is 282 g/mol. The maximum Gasteiger partial charge on any atom is 0.347 e. The third kappa shape index (κ3) is 2.96. The average molecular weight is 296 g/mol. The van der Waals surface area contributed by atoms with Crippen LogP contribution in [0.5, 0.6) is 0 Å². The maximum atomic E-state index is 11.2. The fourth-order valence-electron chi connectivity index (χ4n) is 1.91. The number of thiazole rings is 1. The number of rotatable bonds is 4. The maximum absolute atomic E-state index is 11.2. The van der Waals surface area contributed by atoms with Gasteiger partial charge < -0.3 is 5.11 Å². The van der Waals surface area contributed by atoms with Gasteiger partial charge >= 0.3 is 5.97 Å². The Balaban J connectivity index is 2.50. The van der Waals surface area contributed by atoms with Gasteiger partial charge in [0.1, 0.15) is 9.88 Å². The Labute approximate surface area is 120 Å². The highest BCUT2D eigenvalue weighted by molar-refractivity contribution is 7.17. The number of hydrogen-bond acceptors (Lipinski definition) is 3. The summed E-state index contributed by atoms with van der Waals surface area (Å²) in [7, 11) is 0. The molecule has 3 nitrogen and oxygen atoms in total. The molecule has 0 amide bonds. The number of aromatic carboxylic acids is 1. The van der Waals surface area contributed by atoms with Gasteiger partial charge in [0.25, 0.3) is 0 Å². The molecule has 0 saturated carbocycles. The van der Waals surface area contributed by atoms with Crippen LogP contribution < -0.4 is 0 Å². The van der Waals surface area contributed by atoms with E-state index >= 15 is 0 Å². The van der Waals surface area contributed by atoms with Gasteiger partial charge in [-0.3, -0.25) is 0 Å². The summed E-state index contributed by atoms with van der Waals surface area (Å²) in [6, 6.07) is 5.54. The minimum atomic E-state index is -0.904. The van der Waals surface area contributed by atoms with Crippen molar-refractivity contribution in [2.45, 2.75) is 26.7 Å². The van der Waals surface area contributed by atoms with Crippen LogP contribution in [0.15, 0.2) is 18.2 Å². The third-order valence-electron chi connectivity index (χ3n) is 2.80. The van der Waals surface area contributed by atoms with Crippen LogP contribution in [-0.2, 0) is 6.42 Å². The largest absolute Gasteiger partial charge is 0.477 e. The normalized spacial score (nSPS) is 10.7. The first-order valence-electron chi connectivity index (χ1n) is 6.02. The van der Waals surface area contributed by atoms with Crippen molar-refractivity contribution in [2.24, 2.45) is 0 Å². The van der Waals surface area contributed by atoms with Crippen LogP contribution in [0.25, 0.3) is 10.6 Å². The molecule has 1 aromatic heterocycles. The first-order valence-corrected chi connectivity index (χ1v) is 7.22. The van der Waals surface area contributed by atoms with Crippen LogP contribution in [0.1, 0.15) is 34.3 Å². The molecule has 0 aliphatic carbocycles. The molecule has 5 heteroatoms. The fraction of sp³-hybridized carbons (Fsp3) is 0.286. The van der Waals surface area contributed by atoms with E-state index in [-0.39, 0.29) is 0 Å². The predicted molar refractivity (Wildman–Crippen MR) is 78.3 cm³/mol. The molecule has 0 unspecified atom stereocenters. The lowest BCUT2D eigenvalue weighted by molar-refractivity contribution is 0.0700. The molecule has 0 spiro atoms. The lowest BCUT2D eigenvalue weighted by Crippen LogP contribution is -1.98. The second-order valence-electron chi connectivity index (χ2n) is 4.31. The quantitative estimate of drug-likeness (QED) is 0.908. The van der Waals surface area contributed by atoms with Gasteiger partial charge in [-0.2, -0.15) is 0 Å². The summed E-state index contributed by atoms with van der Waals surface area (Å²) in [6.07, 6.45) is 1.56. The number of benzene rings is 1. The van der Waals surface area contributed by atoms with E-state index in [1.165, 1.54) is 11.3 Å². The van der Waals surface area contributed by atoms with Crippen molar-refractivity contribution in [1.29, 1.82) is 0 Å². The fourth-order valence-corrected chi connectivity index (χ4v) is 3.17. The zero-order valence-corrected chi connectivity index (χ0v) is 12.3. The minimum Gasteiger partial charge on any atom is -0.477 e. The summed E-state index contributed by atoms with van der Waals surface area (Å²) in [4.78, 5) is 16.0. The van der Waals surface area contributed by atoms with Crippen LogP contribution in [0.2, 0.25) is 5.02 Å². The predicted octanol–water partition coefficient (Wildman–Crippen LogP) is 4.42. The third-order valence-corrected chi connectivity index (χ3v) is 4.15. The molecule has 100 valence electrons. The molecule has 0 aliphatic rings. The van der Waals surface area contributed by atoms with E-state index in [0.717, 1.165) is 22.6 Å². The average Bonchev–Trinajstić information content (AvgIpc) is 2.73. The molecule has 0 radical (unpaired) electrons. The molecule has 2 aromatic rings. The molecule has 1 N–H and O–H groups in total. The van der Waals surface area contributed by atoms with E-state index < -0.39 is 5.97 Å². The first-order chi connectivity index (χ1) is 9.02. The van der Waals surface area contributed by atoms with Gasteiger partial charge in [0.15, 0.2) is 0 Å². The van der Waals surface area contributed by atoms with Crippen LogP contribution >= 0.6 is 22.9 Å². The summed E-state index contributed by atoms with van der Waals surface area (Å²) in [5.41, 5.74) is 2.62. The number of aryl methyl sites for hydroxylation is 2. The topological polar surface area (TPSA) is 50.2 Å². The van der Waals surface area contributed by atoms with Gasteiger partial charge in [-0.1, -0.05) is 31.0 Å². The Morgan fingerprint density at radius 2 is 2.21 bits per heavy atom. The summed E-state index contributed by atoms with van der Waals surface area (Å²) in [5.74, 6) is -0.904. The highest BCUT2D eigenvalue weighted by Gasteiger charge is 2.18. The Bertz CT molecular complexity index is 622. The molecule has 0 saturated heterocycles. The van der Waals surface area contributed by atoms with E-state index in [0.29, 0.717) is 22.0 Å². The van der Waals surface area contributed by atoms with E-state index in [9.17, 15) is 9.90 Å². The molecule has 0 bridgehead atoms.